The zero-order chi connectivity index (χ0) is 16.3. The standard InChI is InChI=1S/C16H17N3O2S/c1-4-13-15(21)19(11-7-5-10(2)6-8-11)16(22-13)12(9-17)14(20)18-3/h5-8,13H,4H2,1-3H3,(H,18,20). The van der Waals surface area contributed by atoms with Crippen molar-refractivity contribution in [1.82, 2.24) is 5.32 Å². The quantitative estimate of drug-likeness (QED) is 0.686. The van der Waals surface area contributed by atoms with E-state index in [1.165, 1.54) is 23.7 Å². The lowest BCUT2D eigenvalue weighted by molar-refractivity contribution is -0.117. The van der Waals surface area contributed by atoms with Gasteiger partial charge in [0.15, 0.2) is 0 Å². The maximum Gasteiger partial charge on any atom is 0.264 e. The number of aryl methyl sites for hydroxylation is 1. The number of hydrogen-bond donors (Lipinski definition) is 1. The summed E-state index contributed by atoms with van der Waals surface area (Å²) in [7, 11) is 1.47. The topological polar surface area (TPSA) is 73.2 Å². The lowest BCUT2D eigenvalue weighted by Crippen LogP contribution is -2.30. The van der Waals surface area contributed by atoms with Crippen molar-refractivity contribution >= 4 is 29.3 Å². The van der Waals surface area contributed by atoms with Crippen molar-refractivity contribution in [2.45, 2.75) is 25.5 Å². The summed E-state index contributed by atoms with van der Waals surface area (Å²) in [6, 6.07) is 9.37. The van der Waals surface area contributed by atoms with Gasteiger partial charge in [-0.25, -0.2) is 0 Å². The van der Waals surface area contributed by atoms with Crippen LogP contribution in [0.25, 0.3) is 0 Å². The maximum absolute atomic E-state index is 12.6. The van der Waals surface area contributed by atoms with Crippen LogP contribution in [0.2, 0.25) is 0 Å². The zero-order valence-corrected chi connectivity index (χ0v) is 13.5. The van der Waals surface area contributed by atoms with Crippen LogP contribution in [0.1, 0.15) is 18.9 Å². The molecule has 6 heteroatoms. The van der Waals surface area contributed by atoms with Crippen LogP contribution in [-0.2, 0) is 9.59 Å². The predicted octanol–water partition coefficient (Wildman–Crippen LogP) is 2.33. The summed E-state index contributed by atoms with van der Waals surface area (Å²) in [5.41, 5.74) is 1.72. The largest absolute Gasteiger partial charge is 0.354 e. The first-order valence-corrected chi connectivity index (χ1v) is 7.85. The van der Waals surface area contributed by atoms with Gasteiger partial charge in [-0.1, -0.05) is 36.4 Å². The minimum atomic E-state index is -0.480. The molecule has 1 unspecified atom stereocenters. The molecule has 2 amide bonds. The summed E-state index contributed by atoms with van der Waals surface area (Å²) >= 11 is 1.27. The zero-order valence-electron chi connectivity index (χ0n) is 12.7. The average Bonchev–Trinajstić information content (AvgIpc) is 2.85. The molecule has 5 nitrogen and oxygen atoms in total. The van der Waals surface area contributed by atoms with Gasteiger partial charge in [-0.05, 0) is 25.5 Å². The fourth-order valence-electron chi connectivity index (χ4n) is 2.17. The lowest BCUT2D eigenvalue weighted by Gasteiger charge is -2.18. The number of nitrogens with zero attached hydrogens (tertiary/aromatic N) is 2. The molecular formula is C16H17N3O2S. The fraction of sp³-hybridized carbons (Fsp3) is 0.312. The summed E-state index contributed by atoms with van der Waals surface area (Å²) in [4.78, 5) is 26.0. The van der Waals surface area contributed by atoms with Gasteiger partial charge in [-0.15, -0.1) is 0 Å². The van der Waals surface area contributed by atoms with Gasteiger partial charge in [0.05, 0.1) is 5.25 Å². The summed E-state index contributed by atoms with van der Waals surface area (Å²) < 4.78 is 0. The van der Waals surface area contributed by atoms with Crippen molar-refractivity contribution in [3.05, 3.63) is 40.4 Å². The SMILES string of the molecule is CCC1SC(=C(C#N)C(=O)NC)N(c2ccc(C)cc2)C1=O. The molecule has 0 bridgehead atoms. The monoisotopic (exact) mass is 315 g/mol. The molecule has 1 aromatic rings. The highest BCUT2D eigenvalue weighted by atomic mass is 32.2. The van der Waals surface area contributed by atoms with Gasteiger partial charge >= 0.3 is 0 Å². The van der Waals surface area contributed by atoms with Gasteiger partial charge in [0, 0.05) is 12.7 Å². The molecule has 0 spiro atoms. The Morgan fingerprint density at radius 1 is 1.41 bits per heavy atom. The van der Waals surface area contributed by atoms with Crippen LogP contribution in [0.15, 0.2) is 34.9 Å². The van der Waals surface area contributed by atoms with Gasteiger partial charge in [0.1, 0.15) is 16.7 Å². The number of nitriles is 1. The third-order valence-corrected chi connectivity index (χ3v) is 4.83. The number of anilines is 1. The molecule has 1 aliphatic rings. The van der Waals surface area contributed by atoms with Gasteiger partial charge in [-0.2, -0.15) is 5.26 Å². The highest BCUT2D eigenvalue weighted by Crippen LogP contribution is 2.41. The van der Waals surface area contributed by atoms with E-state index in [1.807, 2.05) is 44.2 Å². The molecule has 0 aliphatic carbocycles. The first-order chi connectivity index (χ1) is 10.5. The van der Waals surface area contributed by atoms with Gasteiger partial charge in [-0.3, -0.25) is 14.5 Å². The number of likely N-dealkylation sites (N-methyl/N-ethyl adjacent to an activating group) is 1. The lowest BCUT2D eigenvalue weighted by atomic mass is 10.2. The Morgan fingerprint density at radius 2 is 2.05 bits per heavy atom. The Hall–Kier alpha value is -2.26. The molecule has 1 aromatic carbocycles. The van der Waals surface area contributed by atoms with E-state index in [0.717, 1.165) is 5.56 Å². The number of amides is 2. The van der Waals surface area contributed by atoms with Gasteiger partial charge in [0.2, 0.25) is 5.91 Å². The van der Waals surface area contributed by atoms with Crippen molar-refractivity contribution < 1.29 is 9.59 Å². The summed E-state index contributed by atoms with van der Waals surface area (Å²) in [6.45, 7) is 3.87. The highest BCUT2D eigenvalue weighted by Gasteiger charge is 2.39. The molecule has 1 aliphatic heterocycles. The minimum Gasteiger partial charge on any atom is -0.354 e. The first kappa shape index (κ1) is 16.1. The van der Waals surface area contributed by atoms with E-state index < -0.39 is 5.91 Å². The highest BCUT2D eigenvalue weighted by molar-refractivity contribution is 8.05. The van der Waals surface area contributed by atoms with Gasteiger partial charge < -0.3 is 5.32 Å². The maximum atomic E-state index is 12.6. The van der Waals surface area contributed by atoms with Crippen LogP contribution >= 0.6 is 11.8 Å². The molecule has 2 rings (SSSR count). The molecule has 1 saturated heterocycles. The molecular weight excluding hydrogens is 298 g/mol. The Bertz CT molecular complexity index is 674. The van der Waals surface area contributed by atoms with E-state index in [1.54, 1.807) is 0 Å². The number of benzene rings is 1. The number of carbonyl (C=O) groups excluding carboxylic acids is 2. The van der Waals surface area contributed by atoms with Crippen LogP contribution in [-0.4, -0.2) is 24.1 Å². The first-order valence-electron chi connectivity index (χ1n) is 6.97. The minimum absolute atomic E-state index is 0.0302. The molecule has 1 N–H and O–H groups in total. The van der Waals surface area contributed by atoms with Crippen LogP contribution in [0, 0.1) is 18.3 Å². The van der Waals surface area contributed by atoms with Crippen molar-refractivity contribution in [3.8, 4) is 6.07 Å². The molecule has 0 aromatic heterocycles. The Morgan fingerprint density at radius 3 is 2.55 bits per heavy atom. The van der Waals surface area contributed by atoms with Crippen LogP contribution < -0.4 is 10.2 Å². The van der Waals surface area contributed by atoms with Crippen molar-refractivity contribution in [1.29, 1.82) is 5.26 Å². The number of thioether (sulfide) groups is 1. The van der Waals surface area contributed by atoms with E-state index in [2.05, 4.69) is 5.32 Å². The molecule has 0 radical (unpaired) electrons. The Kier molecular flexibility index (Phi) is 4.88. The third kappa shape index (κ3) is 2.85. The second-order valence-corrected chi connectivity index (χ2v) is 6.09. The second-order valence-electron chi connectivity index (χ2n) is 4.90. The number of nitrogens with one attached hydrogen (secondary N) is 1. The van der Waals surface area contributed by atoms with E-state index >= 15 is 0 Å². The van der Waals surface area contributed by atoms with Crippen molar-refractivity contribution in [3.63, 3.8) is 0 Å². The molecule has 1 atom stereocenters. The summed E-state index contributed by atoms with van der Waals surface area (Å²) in [5, 5.41) is 11.9. The molecule has 1 fully saturated rings. The molecule has 22 heavy (non-hydrogen) atoms. The predicted molar refractivity (Wildman–Crippen MR) is 87.0 cm³/mol. The van der Waals surface area contributed by atoms with Crippen LogP contribution in [0.3, 0.4) is 0 Å². The van der Waals surface area contributed by atoms with Crippen molar-refractivity contribution in [2.24, 2.45) is 0 Å². The van der Waals surface area contributed by atoms with Crippen molar-refractivity contribution in [2.75, 3.05) is 11.9 Å². The van der Waals surface area contributed by atoms with Crippen LogP contribution in [0.5, 0.6) is 0 Å². The molecule has 0 saturated carbocycles. The van der Waals surface area contributed by atoms with E-state index in [9.17, 15) is 14.9 Å². The van der Waals surface area contributed by atoms with E-state index in [-0.39, 0.29) is 16.7 Å². The third-order valence-electron chi connectivity index (χ3n) is 3.40. The Labute approximate surface area is 134 Å². The summed E-state index contributed by atoms with van der Waals surface area (Å²) in [5.74, 6) is -0.574. The number of rotatable bonds is 3. The van der Waals surface area contributed by atoms with E-state index in [4.69, 9.17) is 0 Å². The van der Waals surface area contributed by atoms with E-state index in [0.29, 0.717) is 17.1 Å². The van der Waals surface area contributed by atoms with Gasteiger partial charge in [0.25, 0.3) is 5.91 Å². The normalized spacial score (nSPS) is 19.8. The Balaban J connectivity index is 2.57. The smallest absolute Gasteiger partial charge is 0.264 e. The number of carbonyl (C=O) groups is 2. The summed E-state index contributed by atoms with van der Waals surface area (Å²) in [6.07, 6.45) is 0.641. The molecule has 1 heterocycles. The molecule has 114 valence electrons. The second kappa shape index (κ2) is 6.67. The van der Waals surface area contributed by atoms with Crippen LogP contribution in [0.4, 0.5) is 5.69 Å². The average molecular weight is 315 g/mol. The fourth-order valence-corrected chi connectivity index (χ4v) is 3.37. The number of hydrogen-bond acceptors (Lipinski definition) is 4.